The van der Waals surface area contributed by atoms with E-state index in [0.29, 0.717) is 5.84 Å². The molecule has 1 fully saturated rings. The van der Waals surface area contributed by atoms with Crippen molar-refractivity contribution in [3.8, 4) is 0 Å². The molecular weight excluding hydrogens is 256 g/mol. The molecule has 20 heavy (non-hydrogen) atoms. The zero-order chi connectivity index (χ0) is 15.0. The number of oxime groups is 1. The minimum atomic E-state index is -0.247. The van der Waals surface area contributed by atoms with Gasteiger partial charge in [-0.3, -0.25) is 4.90 Å². The van der Waals surface area contributed by atoms with Gasteiger partial charge in [-0.05, 0) is 38.9 Å². The molecular formula is C14H30N4O2. The Hall–Kier alpha value is -0.850. The van der Waals surface area contributed by atoms with Crippen molar-refractivity contribution in [2.45, 2.75) is 33.1 Å². The average molecular weight is 286 g/mol. The molecule has 0 aromatic rings. The molecule has 0 amide bonds. The van der Waals surface area contributed by atoms with Gasteiger partial charge in [0.2, 0.25) is 0 Å². The number of β-amino-alcohol motifs (C(OH)–C–C–N with tert-alkyl or cyclic N) is 1. The summed E-state index contributed by atoms with van der Waals surface area (Å²) < 4.78 is 0. The van der Waals surface area contributed by atoms with E-state index < -0.39 is 0 Å². The SMILES string of the molecule is CC(C)(CCCN1CCCN(CCO)CC1)C(N)=NO. The fraction of sp³-hybridized carbons (Fsp3) is 0.929. The summed E-state index contributed by atoms with van der Waals surface area (Å²) in [4.78, 5) is 4.79. The quantitative estimate of drug-likeness (QED) is 0.275. The lowest BCUT2D eigenvalue weighted by Gasteiger charge is -2.25. The summed E-state index contributed by atoms with van der Waals surface area (Å²) in [5, 5.41) is 20.9. The molecule has 1 heterocycles. The van der Waals surface area contributed by atoms with Crippen LogP contribution in [-0.2, 0) is 0 Å². The lowest BCUT2D eigenvalue weighted by Crippen LogP contribution is -2.35. The molecule has 1 saturated heterocycles. The molecule has 0 atom stereocenters. The van der Waals surface area contributed by atoms with Gasteiger partial charge in [-0.2, -0.15) is 0 Å². The summed E-state index contributed by atoms with van der Waals surface area (Å²) in [5.41, 5.74) is 5.46. The van der Waals surface area contributed by atoms with Crippen LogP contribution in [0.3, 0.4) is 0 Å². The second-order valence-electron chi connectivity index (χ2n) is 6.23. The van der Waals surface area contributed by atoms with Crippen LogP contribution in [0.5, 0.6) is 0 Å². The van der Waals surface area contributed by atoms with E-state index in [9.17, 15) is 0 Å². The molecule has 0 aromatic heterocycles. The first-order valence-corrected chi connectivity index (χ1v) is 7.53. The van der Waals surface area contributed by atoms with Crippen molar-refractivity contribution in [1.29, 1.82) is 0 Å². The van der Waals surface area contributed by atoms with Gasteiger partial charge in [0.25, 0.3) is 0 Å². The third kappa shape index (κ3) is 5.64. The molecule has 4 N–H and O–H groups in total. The minimum Gasteiger partial charge on any atom is -0.409 e. The molecule has 0 saturated carbocycles. The smallest absolute Gasteiger partial charge is 0.144 e. The number of aliphatic hydroxyl groups excluding tert-OH is 1. The lowest BCUT2D eigenvalue weighted by atomic mass is 9.86. The Morgan fingerprint density at radius 2 is 1.75 bits per heavy atom. The largest absolute Gasteiger partial charge is 0.409 e. The molecule has 1 rings (SSSR count). The maximum atomic E-state index is 8.98. The Morgan fingerprint density at radius 3 is 2.30 bits per heavy atom. The highest BCUT2D eigenvalue weighted by atomic mass is 16.4. The van der Waals surface area contributed by atoms with Crippen LogP contribution in [0.15, 0.2) is 5.16 Å². The Balaban J connectivity index is 2.29. The zero-order valence-electron chi connectivity index (χ0n) is 12.9. The van der Waals surface area contributed by atoms with Crippen LogP contribution in [0.4, 0.5) is 0 Å². The summed E-state index contributed by atoms with van der Waals surface area (Å²) in [6.07, 6.45) is 3.12. The zero-order valence-corrected chi connectivity index (χ0v) is 12.9. The van der Waals surface area contributed by atoms with Crippen molar-refractivity contribution >= 4 is 5.84 Å². The van der Waals surface area contributed by atoms with Crippen molar-refractivity contribution in [2.75, 3.05) is 45.9 Å². The van der Waals surface area contributed by atoms with Gasteiger partial charge in [-0.15, -0.1) is 0 Å². The van der Waals surface area contributed by atoms with Crippen molar-refractivity contribution < 1.29 is 10.3 Å². The molecule has 118 valence electrons. The second-order valence-corrected chi connectivity index (χ2v) is 6.23. The monoisotopic (exact) mass is 286 g/mol. The number of rotatable bonds is 7. The van der Waals surface area contributed by atoms with Crippen LogP contribution >= 0.6 is 0 Å². The predicted octanol–water partition coefficient (Wildman–Crippen LogP) is 0.539. The van der Waals surface area contributed by atoms with Crippen molar-refractivity contribution in [3.63, 3.8) is 0 Å². The van der Waals surface area contributed by atoms with Crippen LogP contribution < -0.4 is 5.73 Å². The van der Waals surface area contributed by atoms with E-state index in [-0.39, 0.29) is 12.0 Å². The molecule has 0 unspecified atom stereocenters. The van der Waals surface area contributed by atoms with E-state index in [1.54, 1.807) is 0 Å². The third-order valence-electron chi connectivity index (χ3n) is 4.17. The molecule has 6 nitrogen and oxygen atoms in total. The summed E-state index contributed by atoms with van der Waals surface area (Å²) >= 11 is 0. The van der Waals surface area contributed by atoms with Crippen molar-refractivity contribution in [3.05, 3.63) is 0 Å². The highest BCUT2D eigenvalue weighted by molar-refractivity contribution is 5.85. The summed E-state index contributed by atoms with van der Waals surface area (Å²) in [5.74, 6) is 0.308. The Kier molecular flexibility index (Phi) is 7.26. The highest BCUT2D eigenvalue weighted by Crippen LogP contribution is 2.22. The van der Waals surface area contributed by atoms with Crippen LogP contribution in [0, 0.1) is 5.41 Å². The first-order valence-electron chi connectivity index (χ1n) is 7.53. The number of hydrogen-bond donors (Lipinski definition) is 3. The minimum absolute atomic E-state index is 0.244. The van der Waals surface area contributed by atoms with Gasteiger partial charge < -0.3 is 20.9 Å². The Labute approximate surface area is 122 Å². The van der Waals surface area contributed by atoms with Gasteiger partial charge in [0.1, 0.15) is 5.84 Å². The van der Waals surface area contributed by atoms with Crippen LogP contribution in [-0.4, -0.2) is 71.8 Å². The Bertz CT molecular complexity index is 308. The van der Waals surface area contributed by atoms with E-state index >= 15 is 0 Å². The van der Waals surface area contributed by atoms with Crippen molar-refractivity contribution in [1.82, 2.24) is 9.80 Å². The fourth-order valence-electron chi connectivity index (χ4n) is 2.62. The van der Waals surface area contributed by atoms with Gasteiger partial charge in [0.15, 0.2) is 0 Å². The molecule has 0 bridgehead atoms. The summed E-state index contributed by atoms with van der Waals surface area (Å²) in [7, 11) is 0. The molecule has 0 radical (unpaired) electrons. The number of nitrogens with two attached hydrogens (primary N) is 1. The van der Waals surface area contributed by atoms with E-state index in [4.69, 9.17) is 16.0 Å². The average Bonchev–Trinajstić information content (AvgIpc) is 2.64. The summed E-state index contributed by atoms with van der Waals surface area (Å²) in [6, 6.07) is 0. The first kappa shape index (κ1) is 17.2. The van der Waals surface area contributed by atoms with Gasteiger partial charge in [0, 0.05) is 25.0 Å². The molecule has 0 aromatic carbocycles. The lowest BCUT2D eigenvalue weighted by molar-refractivity contribution is 0.195. The van der Waals surface area contributed by atoms with E-state index in [1.807, 2.05) is 13.8 Å². The first-order chi connectivity index (χ1) is 9.49. The standard InChI is InChI=1S/C14H30N4O2/c1-14(2,13(15)16-20)5-3-6-17-7-4-8-18(10-9-17)11-12-19/h19-20H,3-12H2,1-2H3,(H2,15,16). The van der Waals surface area contributed by atoms with Crippen LogP contribution in [0.25, 0.3) is 0 Å². The van der Waals surface area contributed by atoms with Gasteiger partial charge in [-0.25, -0.2) is 0 Å². The van der Waals surface area contributed by atoms with Gasteiger partial charge in [-0.1, -0.05) is 19.0 Å². The topological polar surface area (TPSA) is 85.3 Å². The fourth-order valence-corrected chi connectivity index (χ4v) is 2.62. The summed E-state index contributed by atoms with van der Waals surface area (Å²) in [6.45, 7) is 10.4. The maximum Gasteiger partial charge on any atom is 0.144 e. The normalized spacial score (nSPS) is 20.1. The van der Waals surface area contributed by atoms with E-state index in [0.717, 1.165) is 58.5 Å². The molecule has 1 aliphatic heterocycles. The van der Waals surface area contributed by atoms with Gasteiger partial charge in [0.05, 0.1) is 6.61 Å². The number of amidine groups is 1. The Morgan fingerprint density at radius 1 is 1.15 bits per heavy atom. The molecule has 0 aliphatic carbocycles. The molecule has 6 heteroatoms. The van der Waals surface area contributed by atoms with E-state index in [2.05, 4.69) is 15.0 Å². The van der Waals surface area contributed by atoms with Crippen LogP contribution in [0.1, 0.15) is 33.1 Å². The molecule has 0 spiro atoms. The number of aliphatic hydroxyl groups is 1. The highest BCUT2D eigenvalue weighted by Gasteiger charge is 2.23. The predicted molar refractivity (Wildman–Crippen MR) is 81.0 cm³/mol. The van der Waals surface area contributed by atoms with Crippen LogP contribution in [0.2, 0.25) is 0 Å². The van der Waals surface area contributed by atoms with Crippen molar-refractivity contribution in [2.24, 2.45) is 16.3 Å². The number of nitrogens with zero attached hydrogens (tertiary/aromatic N) is 3. The van der Waals surface area contributed by atoms with Gasteiger partial charge >= 0.3 is 0 Å². The molecule has 1 aliphatic rings. The second kappa shape index (κ2) is 8.44. The maximum absolute atomic E-state index is 8.98. The number of hydrogen-bond acceptors (Lipinski definition) is 5. The van der Waals surface area contributed by atoms with E-state index in [1.165, 1.54) is 0 Å². The third-order valence-corrected chi connectivity index (χ3v) is 4.17.